The molecule has 1 saturated heterocycles. The molecule has 0 aliphatic carbocycles. The second-order valence-electron chi connectivity index (χ2n) is 6.04. The van der Waals surface area contributed by atoms with E-state index in [9.17, 15) is 0 Å². The monoisotopic (exact) mass is 276 g/mol. The van der Waals surface area contributed by atoms with E-state index >= 15 is 0 Å². The Morgan fingerprint density at radius 2 is 2.10 bits per heavy atom. The van der Waals surface area contributed by atoms with Crippen molar-refractivity contribution in [2.45, 2.75) is 46.2 Å². The van der Waals surface area contributed by atoms with Crippen LogP contribution >= 0.6 is 0 Å². The van der Waals surface area contributed by atoms with E-state index in [2.05, 4.69) is 49.6 Å². The van der Waals surface area contributed by atoms with Crippen molar-refractivity contribution >= 4 is 5.82 Å². The van der Waals surface area contributed by atoms with Crippen molar-refractivity contribution in [2.24, 2.45) is 5.73 Å². The Balaban J connectivity index is 2.22. The fourth-order valence-corrected chi connectivity index (χ4v) is 2.84. The van der Waals surface area contributed by atoms with E-state index in [1.54, 1.807) is 0 Å². The molecule has 1 aromatic heterocycles. The highest BCUT2D eigenvalue weighted by atomic mass is 15.3. The van der Waals surface area contributed by atoms with Gasteiger partial charge in [0.25, 0.3) is 0 Å². The molecule has 0 amide bonds. The van der Waals surface area contributed by atoms with Gasteiger partial charge in [-0.2, -0.15) is 0 Å². The van der Waals surface area contributed by atoms with Gasteiger partial charge in [0.05, 0.1) is 0 Å². The van der Waals surface area contributed by atoms with Crippen LogP contribution in [0.3, 0.4) is 0 Å². The Morgan fingerprint density at radius 1 is 1.35 bits per heavy atom. The average molecular weight is 276 g/mol. The molecule has 1 aliphatic heterocycles. The lowest BCUT2D eigenvalue weighted by atomic mass is 10.1. The molecule has 4 heteroatoms. The van der Waals surface area contributed by atoms with Crippen LogP contribution in [0.2, 0.25) is 0 Å². The van der Waals surface area contributed by atoms with Gasteiger partial charge >= 0.3 is 0 Å². The molecule has 0 saturated carbocycles. The molecule has 20 heavy (non-hydrogen) atoms. The molecule has 0 radical (unpaired) electrons. The number of likely N-dealkylation sites (N-methyl/N-ethyl adjacent to an activating group) is 1. The number of nitrogens with zero attached hydrogens (tertiary/aromatic N) is 3. The zero-order valence-electron chi connectivity index (χ0n) is 13.3. The van der Waals surface area contributed by atoms with Gasteiger partial charge in [-0.25, -0.2) is 4.98 Å². The number of piperazine rings is 1. The Kier molecular flexibility index (Phi) is 5.00. The summed E-state index contributed by atoms with van der Waals surface area (Å²) < 4.78 is 0. The summed E-state index contributed by atoms with van der Waals surface area (Å²) in [5, 5.41) is 0. The van der Waals surface area contributed by atoms with Gasteiger partial charge in [0.15, 0.2) is 0 Å². The van der Waals surface area contributed by atoms with Gasteiger partial charge in [-0.15, -0.1) is 0 Å². The Labute approximate surface area is 123 Å². The molecule has 1 aromatic rings. The van der Waals surface area contributed by atoms with Crippen LogP contribution in [0.4, 0.5) is 5.82 Å². The van der Waals surface area contributed by atoms with Crippen LogP contribution in [-0.2, 0) is 6.54 Å². The van der Waals surface area contributed by atoms with Crippen LogP contribution < -0.4 is 10.6 Å². The molecule has 1 aliphatic rings. The van der Waals surface area contributed by atoms with Gasteiger partial charge in [0.2, 0.25) is 0 Å². The maximum Gasteiger partial charge on any atom is 0.129 e. The molecule has 4 nitrogen and oxygen atoms in total. The van der Waals surface area contributed by atoms with Crippen molar-refractivity contribution in [3.63, 3.8) is 0 Å². The highest BCUT2D eigenvalue weighted by Crippen LogP contribution is 2.22. The van der Waals surface area contributed by atoms with Crippen LogP contribution in [0.5, 0.6) is 0 Å². The fraction of sp³-hybridized carbons (Fsp3) is 0.688. The quantitative estimate of drug-likeness (QED) is 0.915. The summed E-state index contributed by atoms with van der Waals surface area (Å²) in [6.07, 6.45) is 0. The maximum absolute atomic E-state index is 5.83. The number of pyridine rings is 1. The summed E-state index contributed by atoms with van der Waals surface area (Å²) in [5.41, 5.74) is 8.16. The molecule has 1 fully saturated rings. The van der Waals surface area contributed by atoms with Crippen molar-refractivity contribution in [2.75, 3.05) is 31.1 Å². The Morgan fingerprint density at radius 3 is 2.65 bits per heavy atom. The molecular weight excluding hydrogens is 248 g/mol. The van der Waals surface area contributed by atoms with Crippen molar-refractivity contribution in [3.05, 3.63) is 23.4 Å². The molecule has 2 rings (SSSR count). The van der Waals surface area contributed by atoms with Gasteiger partial charge < -0.3 is 10.6 Å². The third-order valence-electron chi connectivity index (χ3n) is 4.21. The molecule has 1 atom stereocenters. The van der Waals surface area contributed by atoms with Crippen LogP contribution in [0.15, 0.2) is 12.1 Å². The predicted molar refractivity (Wildman–Crippen MR) is 85.1 cm³/mol. The fourth-order valence-electron chi connectivity index (χ4n) is 2.84. The minimum absolute atomic E-state index is 0.439. The SMILES string of the molecule is CCN1CCN(c2cc(CN)cc(C(C)C)n2)CC1C. The van der Waals surface area contributed by atoms with Gasteiger partial charge in [-0.1, -0.05) is 20.8 Å². The minimum atomic E-state index is 0.439. The van der Waals surface area contributed by atoms with E-state index in [-0.39, 0.29) is 0 Å². The average Bonchev–Trinajstić information content (AvgIpc) is 2.46. The number of nitrogens with two attached hydrogens (primary N) is 1. The normalized spacial score (nSPS) is 20.7. The summed E-state index contributed by atoms with van der Waals surface area (Å²) in [4.78, 5) is 9.77. The van der Waals surface area contributed by atoms with Crippen molar-refractivity contribution in [3.8, 4) is 0 Å². The van der Waals surface area contributed by atoms with Crippen LogP contribution in [-0.4, -0.2) is 42.1 Å². The predicted octanol–water partition coefficient (Wildman–Crippen LogP) is 2.19. The number of anilines is 1. The summed E-state index contributed by atoms with van der Waals surface area (Å²) >= 11 is 0. The summed E-state index contributed by atoms with van der Waals surface area (Å²) in [7, 11) is 0. The third kappa shape index (κ3) is 3.30. The molecule has 2 heterocycles. The van der Waals surface area contributed by atoms with E-state index in [0.29, 0.717) is 18.5 Å². The topological polar surface area (TPSA) is 45.4 Å². The first-order valence-corrected chi connectivity index (χ1v) is 7.75. The first kappa shape index (κ1) is 15.3. The number of aromatic nitrogens is 1. The largest absolute Gasteiger partial charge is 0.354 e. The molecule has 112 valence electrons. The zero-order valence-corrected chi connectivity index (χ0v) is 13.3. The van der Waals surface area contributed by atoms with Crippen LogP contribution in [0.25, 0.3) is 0 Å². The lowest BCUT2D eigenvalue weighted by Gasteiger charge is -2.40. The molecule has 0 aromatic carbocycles. The Bertz CT molecular complexity index is 444. The lowest BCUT2D eigenvalue weighted by molar-refractivity contribution is 0.199. The molecule has 1 unspecified atom stereocenters. The standard InChI is InChI=1S/C16H28N4/c1-5-19-6-7-20(11-13(19)4)16-9-14(10-17)8-15(18-16)12(2)3/h8-9,12-13H,5-7,10-11,17H2,1-4H3. The molecule has 2 N–H and O–H groups in total. The van der Waals surface area contributed by atoms with E-state index in [0.717, 1.165) is 37.7 Å². The summed E-state index contributed by atoms with van der Waals surface area (Å²) in [6.45, 7) is 13.8. The van der Waals surface area contributed by atoms with Crippen molar-refractivity contribution < 1.29 is 0 Å². The Hall–Kier alpha value is -1.13. The lowest BCUT2D eigenvalue weighted by Crippen LogP contribution is -2.52. The summed E-state index contributed by atoms with van der Waals surface area (Å²) in [6, 6.07) is 4.87. The highest BCUT2D eigenvalue weighted by Gasteiger charge is 2.23. The van der Waals surface area contributed by atoms with Gasteiger partial charge in [0, 0.05) is 37.9 Å². The first-order chi connectivity index (χ1) is 9.55. The second-order valence-corrected chi connectivity index (χ2v) is 6.04. The van der Waals surface area contributed by atoms with Crippen LogP contribution in [0, 0.1) is 0 Å². The van der Waals surface area contributed by atoms with Crippen molar-refractivity contribution in [1.82, 2.24) is 9.88 Å². The first-order valence-electron chi connectivity index (χ1n) is 7.75. The third-order valence-corrected chi connectivity index (χ3v) is 4.21. The maximum atomic E-state index is 5.83. The zero-order chi connectivity index (χ0) is 14.7. The van der Waals surface area contributed by atoms with E-state index < -0.39 is 0 Å². The number of rotatable bonds is 4. The van der Waals surface area contributed by atoms with Gasteiger partial charge in [-0.3, -0.25) is 4.90 Å². The minimum Gasteiger partial charge on any atom is -0.354 e. The molecular formula is C16H28N4. The van der Waals surface area contributed by atoms with E-state index in [1.807, 2.05) is 0 Å². The second kappa shape index (κ2) is 6.55. The smallest absolute Gasteiger partial charge is 0.129 e. The van der Waals surface area contributed by atoms with Crippen LogP contribution in [0.1, 0.15) is 44.9 Å². The number of hydrogen-bond donors (Lipinski definition) is 1. The molecule has 0 spiro atoms. The van der Waals surface area contributed by atoms with Gasteiger partial charge in [0.1, 0.15) is 5.82 Å². The highest BCUT2D eigenvalue weighted by molar-refractivity contribution is 5.44. The van der Waals surface area contributed by atoms with Crippen molar-refractivity contribution in [1.29, 1.82) is 0 Å². The van der Waals surface area contributed by atoms with Gasteiger partial charge in [-0.05, 0) is 37.1 Å². The van der Waals surface area contributed by atoms with E-state index in [1.165, 1.54) is 5.56 Å². The van der Waals surface area contributed by atoms with E-state index in [4.69, 9.17) is 10.7 Å². The molecule has 0 bridgehead atoms. The summed E-state index contributed by atoms with van der Waals surface area (Å²) in [5.74, 6) is 1.54. The number of hydrogen-bond acceptors (Lipinski definition) is 4.